The number of anilines is 1. The van der Waals surface area contributed by atoms with Crippen LogP contribution in [0.5, 0.6) is 0 Å². The summed E-state index contributed by atoms with van der Waals surface area (Å²) in [4.78, 5) is 29.6. The molecule has 2 rings (SSSR count). The average molecular weight is 365 g/mol. The summed E-state index contributed by atoms with van der Waals surface area (Å²) < 4.78 is 12.9. The first-order valence-corrected chi connectivity index (χ1v) is 8.71. The SMILES string of the molecule is CCCN(CC(=O)O)CC(=O)Nc1ncc(Cc2ccc(F)cc2)s1. The van der Waals surface area contributed by atoms with Gasteiger partial charge in [0.05, 0.1) is 13.1 Å². The fraction of sp³-hybridized carbons (Fsp3) is 0.353. The number of benzene rings is 1. The summed E-state index contributed by atoms with van der Waals surface area (Å²) in [6.45, 7) is 2.30. The van der Waals surface area contributed by atoms with Crippen molar-refractivity contribution in [3.63, 3.8) is 0 Å². The highest BCUT2D eigenvalue weighted by molar-refractivity contribution is 7.15. The van der Waals surface area contributed by atoms with Crippen LogP contribution in [0.4, 0.5) is 9.52 Å². The molecule has 1 heterocycles. The third-order valence-electron chi connectivity index (χ3n) is 3.36. The van der Waals surface area contributed by atoms with Crippen LogP contribution in [0.25, 0.3) is 0 Å². The van der Waals surface area contributed by atoms with Crippen LogP contribution >= 0.6 is 11.3 Å². The van der Waals surface area contributed by atoms with Crippen molar-refractivity contribution >= 4 is 28.3 Å². The zero-order chi connectivity index (χ0) is 18.2. The van der Waals surface area contributed by atoms with Crippen molar-refractivity contribution < 1.29 is 19.1 Å². The topological polar surface area (TPSA) is 82.5 Å². The molecular formula is C17H20FN3O3S. The largest absolute Gasteiger partial charge is 0.480 e. The summed E-state index contributed by atoms with van der Waals surface area (Å²) in [5, 5.41) is 12.0. The Labute approximate surface area is 149 Å². The van der Waals surface area contributed by atoms with Crippen molar-refractivity contribution in [3.8, 4) is 0 Å². The molecule has 2 N–H and O–H groups in total. The van der Waals surface area contributed by atoms with E-state index in [1.165, 1.54) is 23.5 Å². The summed E-state index contributed by atoms with van der Waals surface area (Å²) in [5.41, 5.74) is 0.957. The van der Waals surface area contributed by atoms with E-state index in [1.54, 1.807) is 23.2 Å². The second-order valence-corrected chi connectivity index (χ2v) is 6.70. The molecule has 25 heavy (non-hydrogen) atoms. The summed E-state index contributed by atoms with van der Waals surface area (Å²) in [5.74, 6) is -1.53. The molecule has 6 nitrogen and oxygen atoms in total. The number of carbonyl (C=O) groups is 2. The molecule has 8 heteroatoms. The van der Waals surface area contributed by atoms with E-state index in [-0.39, 0.29) is 24.8 Å². The van der Waals surface area contributed by atoms with Gasteiger partial charge in [-0.15, -0.1) is 11.3 Å². The number of aromatic nitrogens is 1. The lowest BCUT2D eigenvalue weighted by molar-refractivity contribution is -0.138. The van der Waals surface area contributed by atoms with Crippen molar-refractivity contribution in [1.29, 1.82) is 0 Å². The van der Waals surface area contributed by atoms with Gasteiger partial charge in [-0.05, 0) is 30.7 Å². The average Bonchev–Trinajstić information content (AvgIpc) is 2.96. The van der Waals surface area contributed by atoms with Crippen LogP contribution in [0.3, 0.4) is 0 Å². The number of halogens is 1. The minimum Gasteiger partial charge on any atom is -0.480 e. The van der Waals surface area contributed by atoms with E-state index in [4.69, 9.17) is 5.11 Å². The Hall–Kier alpha value is -2.32. The molecule has 134 valence electrons. The highest BCUT2D eigenvalue weighted by Gasteiger charge is 2.14. The lowest BCUT2D eigenvalue weighted by Crippen LogP contribution is -2.37. The number of hydrogen-bond acceptors (Lipinski definition) is 5. The molecule has 0 spiro atoms. The molecule has 1 amide bonds. The Morgan fingerprint density at radius 3 is 2.64 bits per heavy atom. The number of thiazole rings is 1. The standard InChI is InChI=1S/C17H20FN3O3S/c1-2-7-21(11-16(23)24)10-15(22)20-17-19-9-14(25-17)8-12-3-5-13(18)6-4-12/h3-6,9H,2,7-8,10-11H2,1H3,(H,23,24)(H,19,20,22). The predicted octanol–water partition coefficient (Wildman–Crippen LogP) is 2.61. The minimum atomic E-state index is -0.961. The maximum absolute atomic E-state index is 12.9. The molecule has 1 aromatic heterocycles. The van der Waals surface area contributed by atoms with Crippen LogP contribution in [-0.4, -0.2) is 46.5 Å². The van der Waals surface area contributed by atoms with Gasteiger partial charge in [0.2, 0.25) is 5.91 Å². The zero-order valence-corrected chi connectivity index (χ0v) is 14.7. The molecule has 0 aliphatic rings. The number of hydrogen-bond donors (Lipinski definition) is 2. The van der Waals surface area contributed by atoms with Crippen LogP contribution in [-0.2, 0) is 16.0 Å². The molecule has 0 bridgehead atoms. The third-order valence-corrected chi connectivity index (χ3v) is 4.27. The van der Waals surface area contributed by atoms with E-state index >= 15 is 0 Å². The first-order chi connectivity index (χ1) is 12.0. The number of aliphatic carboxylic acids is 1. The molecule has 1 aromatic carbocycles. The van der Waals surface area contributed by atoms with Gasteiger partial charge >= 0.3 is 5.97 Å². The number of carboxylic acids is 1. The second-order valence-electron chi connectivity index (χ2n) is 5.59. The first kappa shape index (κ1) is 19.0. The summed E-state index contributed by atoms with van der Waals surface area (Å²) in [7, 11) is 0. The van der Waals surface area contributed by atoms with E-state index in [0.29, 0.717) is 18.1 Å². The van der Waals surface area contributed by atoms with Crippen LogP contribution in [0.2, 0.25) is 0 Å². The fourth-order valence-electron chi connectivity index (χ4n) is 2.33. The van der Waals surface area contributed by atoms with Crippen LogP contribution in [0, 0.1) is 5.82 Å². The van der Waals surface area contributed by atoms with Gasteiger partial charge in [-0.25, -0.2) is 9.37 Å². The van der Waals surface area contributed by atoms with E-state index in [0.717, 1.165) is 16.9 Å². The summed E-state index contributed by atoms with van der Waals surface area (Å²) in [6.07, 6.45) is 3.04. The maximum Gasteiger partial charge on any atom is 0.317 e. The molecule has 0 saturated heterocycles. The molecule has 0 atom stereocenters. The zero-order valence-electron chi connectivity index (χ0n) is 13.9. The fourth-order valence-corrected chi connectivity index (χ4v) is 3.20. The van der Waals surface area contributed by atoms with Crippen molar-refractivity contribution in [2.24, 2.45) is 0 Å². The molecule has 2 aromatic rings. The molecule has 0 aliphatic heterocycles. The van der Waals surface area contributed by atoms with Crippen LogP contribution < -0.4 is 5.32 Å². The van der Waals surface area contributed by atoms with Gasteiger partial charge < -0.3 is 10.4 Å². The second kappa shape index (κ2) is 9.24. The predicted molar refractivity (Wildman–Crippen MR) is 94.3 cm³/mol. The minimum absolute atomic E-state index is 0.00696. The number of nitrogens with one attached hydrogen (secondary N) is 1. The Morgan fingerprint density at radius 1 is 1.28 bits per heavy atom. The third kappa shape index (κ3) is 6.60. The van der Waals surface area contributed by atoms with E-state index in [1.807, 2.05) is 6.92 Å². The lowest BCUT2D eigenvalue weighted by atomic mass is 10.1. The number of rotatable bonds is 9. The smallest absolute Gasteiger partial charge is 0.317 e. The quantitative estimate of drug-likeness (QED) is 0.714. The van der Waals surface area contributed by atoms with Crippen LogP contribution in [0.15, 0.2) is 30.5 Å². The molecule has 0 radical (unpaired) electrons. The Bertz CT molecular complexity index is 718. The number of carbonyl (C=O) groups excluding carboxylic acids is 1. The van der Waals surface area contributed by atoms with Gasteiger partial charge in [-0.3, -0.25) is 14.5 Å². The molecule has 0 saturated carbocycles. The van der Waals surface area contributed by atoms with Gasteiger partial charge in [0.15, 0.2) is 5.13 Å². The van der Waals surface area contributed by atoms with Gasteiger partial charge in [-0.2, -0.15) is 0 Å². The summed E-state index contributed by atoms with van der Waals surface area (Å²) in [6, 6.07) is 6.23. The molecule has 0 aliphatic carbocycles. The molecule has 0 fully saturated rings. The monoisotopic (exact) mass is 365 g/mol. The molecule has 0 unspecified atom stereocenters. The number of amides is 1. The van der Waals surface area contributed by atoms with Gasteiger partial charge in [-0.1, -0.05) is 19.1 Å². The van der Waals surface area contributed by atoms with Crippen LogP contribution in [0.1, 0.15) is 23.8 Å². The molecular weight excluding hydrogens is 345 g/mol. The summed E-state index contributed by atoms with van der Waals surface area (Å²) >= 11 is 1.34. The van der Waals surface area contributed by atoms with Crippen molar-refractivity contribution in [3.05, 3.63) is 46.7 Å². The lowest BCUT2D eigenvalue weighted by Gasteiger charge is -2.18. The normalized spacial score (nSPS) is 10.8. The maximum atomic E-state index is 12.9. The van der Waals surface area contributed by atoms with Crippen molar-refractivity contribution in [2.75, 3.05) is 25.0 Å². The van der Waals surface area contributed by atoms with Crippen molar-refractivity contribution in [2.45, 2.75) is 19.8 Å². The Kier molecular flexibility index (Phi) is 7.03. The van der Waals surface area contributed by atoms with E-state index < -0.39 is 5.97 Å². The highest BCUT2D eigenvalue weighted by Crippen LogP contribution is 2.21. The van der Waals surface area contributed by atoms with Gasteiger partial charge in [0.1, 0.15) is 5.82 Å². The van der Waals surface area contributed by atoms with Gasteiger partial charge in [0, 0.05) is 17.5 Å². The van der Waals surface area contributed by atoms with E-state index in [2.05, 4.69) is 10.3 Å². The van der Waals surface area contributed by atoms with E-state index in [9.17, 15) is 14.0 Å². The number of carboxylic acid groups (broad SMARTS) is 1. The Morgan fingerprint density at radius 2 is 2.00 bits per heavy atom. The highest BCUT2D eigenvalue weighted by atomic mass is 32.1. The van der Waals surface area contributed by atoms with Gasteiger partial charge in [0.25, 0.3) is 0 Å². The number of nitrogens with zero attached hydrogens (tertiary/aromatic N) is 2. The Balaban J connectivity index is 1.89. The van der Waals surface area contributed by atoms with Crippen molar-refractivity contribution in [1.82, 2.24) is 9.88 Å². The first-order valence-electron chi connectivity index (χ1n) is 7.89.